The predicted molar refractivity (Wildman–Crippen MR) is 119 cm³/mol. The molecule has 31 heavy (non-hydrogen) atoms. The van der Waals surface area contributed by atoms with Crippen LogP contribution in [0.5, 0.6) is 5.75 Å². The van der Waals surface area contributed by atoms with Crippen molar-refractivity contribution in [2.24, 2.45) is 0 Å². The summed E-state index contributed by atoms with van der Waals surface area (Å²) in [5.41, 5.74) is 3.11. The van der Waals surface area contributed by atoms with E-state index in [9.17, 15) is 13.2 Å². The van der Waals surface area contributed by atoms with Gasteiger partial charge in [0.05, 0.1) is 47.0 Å². The molecule has 8 nitrogen and oxygen atoms in total. The van der Waals surface area contributed by atoms with Gasteiger partial charge in [0.2, 0.25) is 0 Å². The van der Waals surface area contributed by atoms with Crippen LogP contribution in [0.3, 0.4) is 0 Å². The molecule has 1 aliphatic rings. The third-order valence-corrected chi connectivity index (χ3v) is 7.19. The summed E-state index contributed by atoms with van der Waals surface area (Å²) in [6, 6.07) is 8.88. The lowest BCUT2D eigenvalue weighted by atomic mass is 10.0. The molecule has 4 rings (SSSR count). The Kier molecular flexibility index (Phi) is 5.47. The van der Waals surface area contributed by atoms with Gasteiger partial charge >= 0.3 is 0 Å². The summed E-state index contributed by atoms with van der Waals surface area (Å²) in [6.45, 7) is 5.63. The Balaban J connectivity index is 1.92. The van der Waals surface area contributed by atoms with Crippen LogP contribution in [-0.4, -0.2) is 53.7 Å². The van der Waals surface area contributed by atoms with Gasteiger partial charge in [0.15, 0.2) is 15.5 Å². The van der Waals surface area contributed by atoms with Crippen molar-refractivity contribution >= 4 is 26.8 Å². The number of methoxy groups -OCH3 is 1. The second kappa shape index (κ2) is 7.96. The molecular weight excluding hydrogens is 416 g/mol. The molecule has 0 saturated carbocycles. The zero-order valence-corrected chi connectivity index (χ0v) is 18.9. The highest BCUT2D eigenvalue weighted by atomic mass is 32.2. The number of ether oxygens (including phenoxy) is 1. The largest absolute Gasteiger partial charge is 0.497 e. The summed E-state index contributed by atoms with van der Waals surface area (Å²) in [7, 11) is -1.50. The highest BCUT2D eigenvalue weighted by molar-refractivity contribution is 7.91. The number of benzene rings is 1. The van der Waals surface area contributed by atoms with Crippen LogP contribution in [0.1, 0.15) is 42.4 Å². The van der Waals surface area contributed by atoms with Crippen LogP contribution < -0.4 is 10.1 Å². The maximum absolute atomic E-state index is 13.0. The van der Waals surface area contributed by atoms with E-state index in [1.165, 1.54) is 0 Å². The molecule has 1 atom stereocenters. The number of aromatic nitrogens is 3. The first-order valence-corrected chi connectivity index (χ1v) is 12.1. The minimum Gasteiger partial charge on any atom is -0.497 e. The SMILES string of the molecule is COc1ccc(-c2cc(C(=O)NC(C)C)c3c(C)nn(C4CCS(=O)(=O)C4)c3n2)cc1. The fourth-order valence-corrected chi connectivity index (χ4v) is 5.66. The van der Waals surface area contributed by atoms with Crippen molar-refractivity contribution in [3.8, 4) is 17.0 Å². The molecule has 0 spiro atoms. The standard InChI is InChI=1S/C22H26N4O4S/c1-13(2)23-22(27)18-11-19(15-5-7-17(30-4)8-6-15)24-21-20(18)14(3)25-26(21)16-9-10-31(28,29)12-16/h5-8,11,13,16H,9-10,12H2,1-4H3,(H,23,27). The number of aryl methyl sites for hydroxylation is 1. The molecule has 1 aromatic carbocycles. The van der Waals surface area contributed by atoms with E-state index in [2.05, 4.69) is 10.4 Å². The molecule has 164 valence electrons. The molecular formula is C22H26N4O4S. The average molecular weight is 443 g/mol. The van der Waals surface area contributed by atoms with Gasteiger partial charge in [-0.1, -0.05) is 0 Å². The van der Waals surface area contributed by atoms with E-state index in [1.54, 1.807) is 17.9 Å². The first-order chi connectivity index (χ1) is 14.7. The number of rotatable bonds is 5. The molecule has 3 aromatic rings. The van der Waals surface area contributed by atoms with Crippen molar-refractivity contribution in [2.45, 2.75) is 39.3 Å². The van der Waals surface area contributed by atoms with Gasteiger partial charge in [-0.15, -0.1) is 0 Å². The van der Waals surface area contributed by atoms with E-state index in [-0.39, 0.29) is 29.5 Å². The van der Waals surface area contributed by atoms with E-state index in [0.29, 0.717) is 34.4 Å². The summed E-state index contributed by atoms with van der Waals surface area (Å²) < 4.78 is 31.1. The molecule has 1 aliphatic heterocycles. The smallest absolute Gasteiger partial charge is 0.252 e. The lowest BCUT2D eigenvalue weighted by Crippen LogP contribution is -2.30. The monoisotopic (exact) mass is 442 g/mol. The van der Waals surface area contributed by atoms with E-state index in [0.717, 1.165) is 11.3 Å². The Labute approximate surface area is 181 Å². The molecule has 1 unspecified atom stereocenters. The Hall–Kier alpha value is -2.94. The number of sulfone groups is 1. The topological polar surface area (TPSA) is 103 Å². The number of amides is 1. The minimum absolute atomic E-state index is 0.0320. The molecule has 1 saturated heterocycles. The molecule has 3 heterocycles. The summed E-state index contributed by atoms with van der Waals surface area (Å²) in [5.74, 6) is 0.681. The number of pyridine rings is 1. The van der Waals surface area contributed by atoms with Crippen LogP contribution in [0.25, 0.3) is 22.3 Å². The van der Waals surface area contributed by atoms with Gasteiger partial charge < -0.3 is 10.1 Å². The molecule has 1 amide bonds. The lowest BCUT2D eigenvalue weighted by Gasteiger charge is -2.13. The van der Waals surface area contributed by atoms with Crippen molar-refractivity contribution in [3.05, 3.63) is 41.6 Å². The molecule has 2 aromatic heterocycles. The van der Waals surface area contributed by atoms with Crippen LogP contribution in [0.15, 0.2) is 30.3 Å². The Morgan fingerprint density at radius 1 is 1.26 bits per heavy atom. The van der Waals surface area contributed by atoms with E-state index >= 15 is 0 Å². The van der Waals surface area contributed by atoms with Crippen LogP contribution in [0.4, 0.5) is 0 Å². The number of hydrogen-bond acceptors (Lipinski definition) is 6. The third-order valence-electron chi connectivity index (χ3n) is 5.44. The van der Waals surface area contributed by atoms with Crippen molar-refractivity contribution in [1.82, 2.24) is 20.1 Å². The quantitative estimate of drug-likeness (QED) is 0.652. The normalized spacial score (nSPS) is 17.9. The van der Waals surface area contributed by atoms with Crippen LogP contribution in [0.2, 0.25) is 0 Å². The first kappa shape index (κ1) is 21.3. The molecule has 0 aliphatic carbocycles. The summed E-state index contributed by atoms with van der Waals surface area (Å²) >= 11 is 0. The van der Waals surface area contributed by atoms with Crippen molar-refractivity contribution < 1.29 is 17.9 Å². The molecule has 0 bridgehead atoms. The van der Waals surface area contributed by atoms with Crippen LogP contribution in [0, 0.1) is 6.92 Å². The zero-order valence-electron chi connectivity index (χ0n) is 18.0. The number of nitrogens with one attached hydrogen (secondary N) is 1. The minimum atomic E-state index is -3.10. The Morgan fingerprint density at radius 2 is 1.97 bits per heavy atom. The number of fused-ring (bicyclic) bond motifs is 1. The average Bonchev–Trinajstić information content (AvgIpc) is 3.26. The van der Waals surface area contributed by atoms with E-state index in [1.807, 2.05) is 45.0 Å². The lowest BCUT2D eigenvalue weighted by molar-refractivity contribution is 0.0944. The molecule has 9 heteroatoms. The van der Waals surface area contributed by atoms with Gasteiger partial charge in [-0.05, 0) is 57.5 Å². The van der Waals surface area contributed by atoms with Crippen LogP contribution >= 0.6 is 0 Å². The second-order valence-electron chi connectivity index (χ2n) is 8.20. The maximum Gasteiger partial charge on any atom is 0.252 e. The number of nitrogens with zero attached hydrogens (tertiary/aromatic N) is 3. The Morgan fingerprint density at radius 3 is 2.55 bits per heavy atom. The van der Waals surface area contributed by atoms with E-state index < -0.39 is 9.84 Å². The van der Waals surface area contributed by atoms with Gasteiger partial charge in [0.25, 0.3) is 5.91 Å². The molecule has 0 radical (unpaired) electrons. The number of carbonyl (C=O) groups is 1. The summed E-state index contributed by atoms with van der Waals surface area (Å²) in [4.78, 5) is 17.9. The van der Waals surface area contributed by atoms with Gasteiger partial charge in [0, 0.05) is 11.6 Å². The molecule has 1 fully saturated rings. The number of carbonyl (C=O) groups excluding carboxylic acids is 1. The van der Waals surface area contributed by atoms with Gasteiger partial charge in [-0.3, -0.25) is 4.79 Å². The second-order valence-corrected chi connectivity index (χ2v) is 10.4. The Bertz CT molecular complexity index is 1250. The summed E-state index contributed by atoms with van der Waals surface area (Å²) in [5, 5.41) is 8.21. The highest BCUT2D eigenvalue weighted by Crippen LogP contribution is 2.32. The molecule has 1 N–H and O–H groups in total. The van der Waals surface area contributed by atoms with Crippen molar-refractivity contribution in [2.75, 3.05) is 18.6 Å². The fourth-order valence-electron chi connectivity index (χ4n) is 3.96. The van der Waals surface area contributed by atoms with E-state index in [4.69, 9.17) is 9.72 Å². The fraction of sp³-hybridized carbons (Fsp3) is 0.409. The third kappa shape index (κ3) is 4.14. The maximum atomic E-state index is 13.0. The predicted octanol–water partition coefficient (Wildman–Crippen LogP) is 2.91. The van der Waals surface area contributed by atoms with Gasteiger partial charge in [-0.25, -0.2) is 18.1 Å². The van der Waals surface area contributed by atoms with Crippen molar-refractivity contribution in [1.29, 1.82) is 0 Å². The zero-order chi connectivity index (χ0) is 22.3. The number of hydrogen-bond donors (Lipinski definition) is 1. The van der Waals surface area contributed by atoms with Gasteiger partial charge in [-0.2, -0.15) is 5.10 Å². The van der Waals surface area contributed by atoms with Gasteiger partial charge in [0.1, 0.15) is 5.75 Å². The highest BCUT2D eigenvalue weighted by Gasteiger charge is 2.32. The first-order valence-electron chi connectivity index (χ1n) is 10.2. The van der Waals surface area contributed by atoms with Crippen LogP contribution in [-0.2, 0) is 9.84 Å². The van der Waals surface area contributed by atoms with Crippen molar-refractivity contribution in [3.63, 3.8) is 0 Å². The summed E-state index contributed by atoms with van der Waals surface area (Å²) in [6.07, 6.45) is 0.487.